The first-order valence-corrected chi connectivity index (χ1v) is 9.34. The van der Waals surface area contributed by atoms with Crippen LogP contribution in [0.3, 0.4) is 0 Å². The molecule has 0 aliphatic rings. The first kappa shape index (κ1) is 22.7. The van der Waals surface area contributed by atoms with Crippen molar-refractivity contribution in [2.24, 2.45) is 5.73 Å². The Bertz CT molecular complexity index is 1150. The van der Waals surface area contributed by atoms with Crippen molar-refractivity contribution in [2.45, 2.75) is 18.5 Å². The number of carbonyl (C=O) groups excluding carboxylic acids is 1. The van der Waals surface area contributed by atoms with Crippen molar-refractivity contribution in [2.75, 3.05) is 7.11 Å². The van der Waals surface area contributed by atoms with Gasteiger partial charge in [0.1, 0.15) is 5.75 Å². The third-order valence-corrected chi connectivity index (χ3v) is 4.90. The largest absolute Gasteiger partial charge is 0.497 e. The van der Waals surface area contributed by atoms with Crippen LogP contribution in [0.1, 0.15) is 29.2 Å². The summed E-state index contributed by atoms with van der Waals surface area (Å²) in [6.07, 6.45) is -3.29. The van der Waals surface area contributed by atoms with Gasteiger partial charge in [-0.1, -0.05) is 12.1 Å². The molecule has 0 saturated heterocycles. The summed E-state index contributed by atoms with van der Waals surface area (Å²) >= 11 is 0. The summed E-state index contributed by atoms with van der Waals surface area (Å²) in [5.41, 5.74) is 5.84. The number of methoxy groups -OCH3 is 1. The predicted octanol–water partition coefficient (Wildman–Crippen LogP) is 4.69. The molecule has 1 unspecified atom stereocenters. The van der Waals surface area contributed by atoms with Crippen LogP contribution in [0.5, 0.6) is 5.75 Å². The van der Waals surface area contributed by atoms with Crippen LogP contribution in [-0.2, 0) is 11.0 Å². The maximum absolute atomic E-state index is 12.9. The van der Waals surface area contributed by atoms with Gasteiger partial charge in [-0.15, -0.1) is 0 Å². The van der Waals surface area contributed by atoms with Crippen LogP contribution in [0, 0.1) is 10.1 Å². The third-order valence-electron chi connectivity index (χ3n) is 4.90. The van der Waals surface area contributed by atoms with E-state index in [1.54, 1.807) is 18.2 Å². The lowest BCUT2D eigenvalue weighted by Crippen LogP contribution is -2.17. The number of rotatable bonds is 7. The van der Waals surface area contributed by atoms with Gasteiger partial charge in [0.15, 0.2) is 0 Å². The summed E-state index contributed by atoms with van der Waals surface area (Å²) in [5, 5.41) is 11.5. The molecule has 10 heteroatoms. The van der Waals surface area contributed by atoms with Crippen LogP contribution in [0.4, 0.5) is 18.9 Å². The number of hydrogen-bond donors (Lipinski definition) is 1. The van der Waals surface area contributed by atoms with Gasteiger partial charge in [-0.05, 0) is 47.5 Å². The molecule has 0 saturated carbocycles. The number of halogens is 3. The number of nitrogens with two attached hydrogens (primary N) is 1. The number of nitrogens with zero attached hydrogens (tertiary/aromatic N) is 2. The Labute approximate surface area is 180 Å². The summed E-state index contributed by atoms with van der Waals surface area (Å²) in [5.74, 6) is -1.09. The van der Waals surface area contributed by atoms with Gasteiger partial charge < -0.3 is 10.5 Å². The highest BCUT2D eigenvalue weighted by Gasteiger charge is 2.30. The zero-order valence-corrected chi connectivity index (χ0v) is 16.8. The number of aromatic nitrogens is 1. The second-order valence-corrected chi connectivity index (χ2v) is 6.95. The molecule has 0 aliphatic carbocycles. The molecular weight excluding hydrogens is 427 g/mol. The van der Waals surface area contributed by atoms with E-state index < -0.39 is 28.5 Å². The van der Waals surface area contributed by atoms with Crippen LogP contribution < -0.4 is 10.5 Å². The molecule has 0 bridgehead atoms. The minimum Gasteiger partial charge on any atom is -0.497 e. The molecule has 0 spiro atoms. The van der Waals surface area contributed by atoms with Crippen molar-refractivity contribution in [3.8, 4) is 16.9 Å². The molecule has 32 heavy (non-hydrogen) atoms. The van der Waals surface area contributed by atoms with Gasteiger partial charge in [0.25, 0.3) is 5.69 Å². The quantitative estimate of drug-likeness (QED) is 0.419. The summed E-state index contributed by atoms with van der Waals surface area (Å²) < 4.78 is 43.7. The van der Waals surface area contributed by atoms with E-state index in [0.29, 0.717) is 28.1 Å². The van der Waals surface area contributed by atoms with Gasteiger partial charge in [0.2, 0.25) is 5.91 Å². The first-order valence-electron chi connectivity index (χ1n) is 9.34. The zero-order valence-electron chi connectivity index (χ0n) is 16.8. The second kappa shape index (κ2) is 9.04. The standard InChI is InChI=1S/C22H18F3N3O4/c1-32-16-6-7-17(20(11-16)28(30)31)14-8-9-27-19(10-14)18(12-21(26)29)13-2-4-15(5-3-13)22(23,24)25/h2-11,18H,12H2,1H3,(H2,26,29). The Morgan fingerprint density at radius 2 is 1.84 bits per heavy atom. The Balaban J connectivity index is 2.07. The van der Waals surface area contributed by atoms with E-state index in [4.69, 9.17) is 10.5 Å². The molecule has 7 nitrogen and oxygen atoms in total. The summed E-state index contributed by atoms with van der Waals surface area (Å²) in [6.45, 7) is 0. The van der Waals surface area contributed by atoms with Gasteiger partial charge in [-0.3, -0.25) is 19.9 Å². The SMILES string of the molecule is COc1ccc(-c2ccnc(C(CC(N)=O)c3ccc(C(F)(F)F)cc3)c2)c([N+](=O)[O-])c1. The van der Waals surface area contributed by atoms with Crippen LogP contribution in [-0.4, -0.2) is 22.9 Å². The Hall–Kier alpha value is -3.95. The number of hydrogen-bond acceptors (Lipinski definition) is 5. The molecule has 1 amide bonds. The Morgan fingerprint density at radius 3 is 2.41 bits per heavy atom. The number of nitro groups is 1. The molecule has 0 fully saturated rings. The lowest BCUT2D eigenvalue weighted by molar-refractivity contribution is -0.384. The van der Waals surface area contributed by atoms with E-state index in [2.05, 4.69) is 4.98 Å². The maximum atomic E-state index is 12.9. The fraction of sp³-hybridized carbons (Fsp3) is 0.182. The van der Waals surface area contributed by atoms with Crippen LogP contribution in [0.25, 0.3) is 11.1 Å². The molecule has 2 N–H and O–H groups in total. The molecule has 3 aromatic rings. The highest BCUT2D eigenvalue weighted by molar-refractivity contribution is 5.77. The summed E-state index contributed by atoms with van der Waals surface area (Å²) in [6, 6.07) is 11.9. The molecule has 3 rings (SSSR count). The molecule has 0 aliphatic heterocycles. The monoisotopic (exact) mass is 445 g/mol. The van der Waals surface area contributed by atoms with Crippen LogP contribution in [0.2, 0.25) is 0 Å². The van der Waals surface area contributed by atoms with Crippen molar-refractivity contribution in [3.63, 3.8) is 0 Å². The number of ether oxygens (including phenoxy) is 1. The summed E-state index contributed by atoms with van der Waals surface area (Å²) in [7, 11) is 1.39. The predicted molar refractivity (Wildman–Crippen MR) is 110 cm³/mol. The minimum absolute atomic E-state index is 0.192. The van der Waals surface area contributed by atoms with Gasteiger partial charge in [-0.2, -0.15) is 13.2 Å². The molecule has 166 valence electrons. The number of nitro benzene ring substituents is 1. The number of primary amides is 1. The van der Waals surface area contributed by atoms with Gasteiger partial charge in [-0.25, -0.2) is 0 Å². The zero-order chi connectivity index (χ0) is 23.5. The summed E-state index contributed by atoms with van der Waals surface area (Å²) in [4.78, 5) is 26.9. The van der Waals surface area contributed by atoms with Gasteiger partial charge >= 0.3 is 6.18 Å². The number of amides is 1. The fourth-order valence-electron chi connectivity index (χ4n) is 3.34. The molecule has 1 aromatic heterocycles. The van der Waals surface area contributed by atoms with E-state index in [-0.39, 0.29) is 12.1 Å². The number of alkyl halides is 3. The molecule has 2 aromatic carbocycles. The average molecular weight is 445 g/mol. The number of pyridine rings is 1. The van der Waals surface area contributed by atoms with Crippen molar-refractivity contribution >= 4 is 11.6 Å². The fourth-order valence-corrected chi connectivity index (χ4v) is 3.34. The molecule has 1 heterocycles. The van der Waals surface area contributed by atoms with Gasteiger partial charge in [0, 0.05) is 24.2 Å². The molecule has 0 radical (unpaired) electrons. The Kier molecular flexibility index (Phi) is 6.42. The number of carbonyl (C=O) groups is 1. The highest BCUT2D eigenvalue weighted by atomic mass is 19.4. The van der Waals surface area contributed by atoms with E-state index in [1.807, 2.05) is 0 Å². The third kappa shape index (κ3) is 5.02. The Morgan fingerprint density at radius 1 is 1.16 bits per heavy atom. The van der Waals surface area contributed by atoms with Crippen molar-refractivity contribution in [1.29, 1.82) is 0 Å². The topological polar surface area (TPSA) is 108 Å². The van der Waals surface area contributed by atoms with Crippen molar-refractivity contribution in [1.82, 2.24) is 4.98 Å². The van der Waals surface area contributed by atoms with E-state index in [0.717, 1.165) is 12.1 Å². The molecular formula is C22H18F3N3O4. The van der Waals surface area contributed by atoms with E-state index in [9.17, 15) is 28.1 Å². The molecule has 1 atom stereocenters. The van der Waals surface area contributed by atoms with Crippen LogP contribution in [0.15, 0.2) is 60.8 Å². The number of benzene rings is 2. The second-order valence-electron chi connectivity index (χ2n) is 6.95. The normalized spacial score (nSPS) is 12.2. The lowest BCUT2D eigenvalue weighted by Gasteiger charge is -2.17. The van der Waals surface area contributed by atoms with Crippen molar-refractivity contribution < 1.29 is 27.6 Å². The van der Waals surface area contributed by atoms with Crippen molar-refractivity contribution in [3.05, 3.63) is 87.7 Å². The highest BCUT2D eigenvalue weighted by Crippen LogP contribution is 2.36. The lowest BCUT2D eigenvalue weighted by atomic mass is 9.89. The minimum atomic E-state index is -4.50. The van der Waals surface area contributed by atoms with Crippen LogP contribution >= 0.6 is 0 Å². The van der Waals surface area contributed by atoms with E-state index >= 15 is 0 Å². The smallest absolute Gasteiger partial charge is 0.416 e. The van der Waals surface area contributed by atoms with E-state index in [1.165, 1.54) is 37.6 Å². The average Bonchev–Trinajstić information content (AvgIpc) is 2.76. The van der Waals surface area contributed by atoms with Gasteiger partial charge in [0.05, 0.1) is 29.2 Å². The first-order chi connectivity index (χ1) is 15.1. The maximum Gasteiger partial charge on any atom is 0.416 e.